The number of carbonyl (C=O) groups excluding carboxylic acids is 2. The van der Waals surface area contributed by atoms with Gasteiger partial charge in [0.25, 0.3) is 5.56 Å². The van der Waals surface area contributed by atoms with Crippen LogP contribution in [0.5, 0.6) is 0 Å². The van der Waals surface area contributed by atoms with Crippen molar-refractivity contribution in [1.29, 1.82) is 0 Å². The maximum Gasteiger partial charge on any atom is 0.341 e. The van der Waals surface area contributed by atoms with E-state index in [1.54, 1.807) is 6.92 Å². The molecule has 7 nitrogen and oxygen atoms in total. The summed E-state index contributed by atoms with van der Waals surface area (Å²) in [6.07, 6.45) is 2.70. The van der Waals surface area contributed by atoms with E-state index >= 15 is 0 Å². The van der Waals surface area contributed by atoms with Crippen LogP contribution in [0, 0.1) is 13.8 Å². The third kappa shape index (κ3) is 5.93. The van der Waals surface area contributed by atoms with E-state index in [2.05, 4.69) is 22.2 Å². The van der Waals surface area contributed by atoms with Crippen molar-refractivity contribution in [2.24, 2.45) is 0 Å². The number of thioether (sulfide) groups is 1. The van der Waals surface area contributed by atoms with E-state index in [-0.39, 0.29) is 23.8 Å². The molecule has 0 saturated heterocycles. The summed E-state index contributed by atoms with van der Waals surface area (Å²) < 4.78 is 5.09. The summed E-state index contributed by atoms with van der Waals surface area (Å²) in [6.45, 7) is 7.81. The van der Waals surface area contributed by atoms with Gasteiger partial charge in [-0.1, -0.05) is 25.1 Å². The van der Waals surface area contributed by atoms with Crippen molar-refractivity contribution in [3.05, 3.63) is 38.1 Å². The number of amides is 1. The second kappa shape index (κ2) is 10.4. The van der Waals surface area contributed by atoms with Crippen LogP contribution >= 0.6 is 23.1 Å². The Balaban J connectivity index is 2.06. The van der Waals surface area contributed by atoms with Crippen molar-refractivity contribution in [1.82, 2.24) is 9.97 Å². The smallest absolute Gasteiger partial charge is 0.341 e. The second-order valence-electron chi connectivity index (χ2n) is 6.19. The van der Waals surface area contributed by atoms with Crippen LogP contribution in [0.4, 0.5) is 5.00 Å². The van der Waals surface area contributed by atoms with Gasteiger partial charge < -0.3 is 15.0 Å². The number of carbonyl (C=O) groups is 2. The van der Waals surface area contributed by atoms with Gasteiger partial charge in [0.05, 0.1) is 17.9 Å². The number of rotatable bonds is 9. The molecule has 0 unspecified atom stereocenters. The monoisotopic (exact) mass is 423 g/mol. The lowest BCUT2D eigenvalue weighted by Crippen LogP contribution is -2.17. The van der Waals surface area contributed by atoms with Crippen LogP contribution in [0.3, 0.4) is 0 Å². The lowest BCUT2D eigenvalue weighted by atomic mass is 10.1. The molecular weight excluding hydrogens is 398 g/mol. The molecule has 0 fully saturated rings. The number of H-pyrrole nitrogens is 1. The number of hydrogen-bond donors (Lipinski definition) is 2. The molecule has 0 radical (unpaired) electrons. The fraction of sp³-hybridized carbons (Fsp3) is 0.474. The van der Waals surface area contributed by atoms with Crippen molar-refractivity contribution in [3.8, 4) is 0 Å². The van der Waals surface area contributed by atoms with Gasteiger partial charge in [-0.3, -0.25) is 9.59 Å². The molecule has 0 spiro atoms. The van der Waals surface area contributed by atoms with Gasteiger partial charge in [0.1, 0.15) is 5.00 Å². The number of nitrogens with zero attached hydrogens (tertiary/aromatic N) is 1. The van der Waals surface area contributed by atoms with E-state index in [1.807, 2.05) is 13.8 Å². The zero-order chi connectivity index (χ0) is 20.7. The molecule has 2 aromatic heterocycles. The highest BCUT2D eigenvalue weighted by atomic mass is 32.2. The van der Waals surface area contributed by atoms with Crippen LogP contribution in [0.15, 0.2) is 16.0 Å². The van der Waals surface area contributed by atoms with Gasteiger partial charge in [-0.05, 0) is 39.2 Å². The average molecular weight is 424 g/mol. The van der Waals surface area contributed by atoms with Crippen molar-refractivity contribution in [3.63, 3.8) is 0 Å². The Hall–Kier alpha value is -2.13. The summed E-state index contributed by atoms with van der Waals surface area (Å²) in [5.74, 6) is -0.654. The summed E-state index contributed by atoms with van der Waals surface area (Å²) in [7, 11) is 0. The molecule has 152 valence electrons. The topological polar surface area (TPSA) is 101 Å². The van der Waals surface area contributed by atoms with E-state index in [9.17, 15) is 14.4 Å². The Morgan fingerprint density at radius 1 is 1.32 bits per heavy atom. The Kier molecular flexibility index (Phi) is 8.25. The van der Waals surface area contributed by atoms with Gasteiger partial charge in [-0.25, -0.2) is 9.78 Å². The first-order valence-electron chi connectivity index (χ1n) is 9.15. The van der Waals surface area contributed by atoms with Crippen LogP contribution in [-0.4, -0.2) is 34.2 Å². The Morgan fingerprint density at radius 2 is 2.07 bits per heavy atom. The first kappa shape index (κ1) is 22.2. The van der Waals surface area contributed by atoms with Crippen molar-refractivity contribution >= 4 is 40.0 Å². The minimum atomic E-state index is -0.443. The van der Waals surface area contributed by atoms with E-state index in [0.29, 0.717) is 15.7 Å². The molecule has 0 atom stereocenters. The molecule has 0 aromatic carbocycles. The van der Waals surface area contributed by atoms with Crippen molar-refractivity contribution in [2.45, 2.75) is 52.1 Å². The molecule has 2 rings (SSSR count). The molecule has 0 aliphatic heterocycles. The first-order valence-corrected chi connectivity index (χ1v) is 11.0. The highest BCUT2D eigenvalue weighted by Crippen LogP contribution is 2.33. The summed E-state index contributed by atoms with van der Waals surface area (Å²) >= 11 is 2.50. The van der Waals surface area contributed by atoms with Crippen LogP contribution < -0.4 is 10.9 Å². The Bertz CT molecular complexity index is 905. The van der Waals surface area contributed by atoms with Gasteiger partial charge in [-0.15, -0.1) is 11.3 Å². The third-order valence-corrected chi connectivity index (χ3v) is 6.01. The number of anilines is 1. The number of thiophene rings is 1. The molecule has 2 N–H and O–H groups in total. The molecular formula is C19H25N3O4S2. The van der Waals surface area contributed by atoms with E-state index in [1.165, 1.54) is 17.4 Å². The molecule has 0 aliphatic rings. The zero-order valence-electron chi connectivity index (χ0n) is 16.5. The largest absolute Gasteiger partial charge is 0.462 e. The van der Waals surface area contributed by atoms with Crippen molar-refractivity contribution < 1.29 is 14.3 Å². The van der Waals surface area contributed by atoms with Gasteiger partial charge in [0.2, 0.25) is 5.91 Å². The van der Waals surface area contributed by atoms with Gasteiger partial charge in [0, 0.05) is 16.6 Å². The maximum atomic E-state index is 12.4. The zero-order valence-corrected chi connectivity index (χ0v) is 18.1. The Morgan fingerprint density at radius 3 is 2.75 bits per heavy atom. The summed E-state index contributed by atoms with van der Waals surface area (Å²) in [6, 6.07) is 1.49. The lowest BCUT2D eigenvalue weighted by Gasteiger charge is -2.07. The average Bonchev–Trinajstić information content (AvgIpc) is 2.91. The number of aryl methyl sites for hydroxylation is 2. The number of aromatic nitrogens is 2. The maximum absolute atomic E-state index is 12.4. The molecule has 9 heteroatoms. The fourth-order valence-electron chi connectivity index (χ4n) is 2.50. The van der Waals surface area contributed by atoms with Crippen molar-refractivity contribution in [2.75, 3.05) is 17.7 Å². The number of unbranched alkanes of at least 4 members (excludes halogenated alkanes) is 1. The summed E-state index contributed by atoms with van der Waals surface area (Å²) in [5.41, 5.74) is 1.71. The number of ether oxygens (including phenoxy) is 1. The number of aromatic amines is 1. The predicted molar refractivity (Wildman–Crippen MR) is 113 cm³/mol. The summed E-state index contributed by atoms with van der Waals surface area (Å²) in [5, 5.41) is 3.68. The quantitative estimate of drug-likeness (QED) is 0.362. The minimum absolute atomic E-state index is 0.0679. The Labute approximate surface area is 172 Å². The first-order chi connectivity index (χ1) is 13.3. The number of nitrogens with one attached hydrogen (secondary N) is 2. The standard InChI is InChI=1S/C19H25N3O4S2/c1-5-7-8-13-9-14(23)22-19(20-13)27-10-15(24)21-17-16(18(25)26-6-2)11(3)12(4)28-17/h9H,5-8,10H2,1-4H3,(H,21,24)(H,20,22,23). The molecule has 1 amide bonds. The normalized spacial score (nSPS) is 10.7. The van der Waals surface area contributed by atoms with Gasteiger partial charge >= 0.3 is 5.97 Å². The molecule has 0 aliphatic carbocycles. The fourth-order valence-corrected chi connectivity index (χ4v) is 4.26. The van der Waals surface area contributed by atoms with Crippen LogP contribution in [0.25, 0.3) is 0 Å². The second-order valence-corrected chi connectivity index (χ2v) is 8.38. The predicted octanol–water partition coefficient (Wildman–Crippen LogP) is 3.70. The van der Waals surface area contributed by atoms with Crippen LogP contribution in [-0.2, 0) is 16.0 Å². The third-order valence-electron chi connectivity index (χ3n) is 4.02. The summed E-state index contributed by atoms with van der Waals surface area (Å²) in [4.78, 5) is 44.3. The molecule has 0 bridgehead atoms. The van der Waals surface area contributed by atoms with E-state index in [4.69, 9.17) is 4.74 Å². The van der Waals surface area contributed by atoms with E-state index < -0.39 is 5.97 Å². The number of hydrogen-bond acceptors (Lipinski definition) is 7. The lowest BCUT2D eigenvalue weighted by molar-refractivity contribution is -0.113. The molecule has 28 heavy (non-hydrogen) atoms. The SMILES string of the molecule is CCCCc1cc(=O)[nH]c(SCC(=O)Nc2sc(C)c(C)c2C(=O)OCC)n1. The van der Waals surface area contributed by atoms with Crippen LogP contribution in [0.1, 0.15) is 53.2 Å². The number of esters is 1. The van der Waals surface area contributed by atoms with Gasteiger partial charge in [0.15, 0.2) is 5.16 Å². The highest BCUT2D eigenvalue weighted by Gasteiger charge is 2.22. The molecule has 0 saturated carbocycles. The van der Waals surface area contributed by atoms with Crippen LogP contribution in [0.2, 0.25) is 0 Å². The minimum Gasteiger partial charge on any atom is -0.462 e. The molecule has 2 heterocycles. The van der Waals surface area contributed by atoms with E-state index in [0.717, 1.165) is 47.2 Å². The highest BCUT2D eigenvalue weighted by molar-refractivity contribution is 7.99. The molecule has 2 aromatic rings. The van der Waals surface area contributed by atoms with Gasteiger partial charge in [-0.2, -0.15) is 0 Å².